The van der Waals surface area contributed by atoms with Crippen LogP contribution in [0, 0.1) is 6.92 Å². The number of benzene rings is 1. The predicted octanol–water partition coefficient (Wildman–Crippen LogP) is 2.78. The number of rotatable bonds is 4. The maximum absolute atomic E-state index is 12.0. The average molecular weight is 280 g/mol. The standard InChI is InChI=1S/C13H14ClN3O2/c1-8-7-15-17-12(8)16-13(18)9(2)19-11-6-4-3-5-10(11)14/h3-7,9H,1-2H3,(H2,15,16,17,18). The fraction of sp³-hybridized carbons (Fsp3) is 0.231. The number of nitrogens with zero attached hydrogens (tertiary/aromatic N) is 1. The number of nitrogens with one attached hydrogen (secondary N) is 2. The summed E-state index contributed by atoms with van der Waals surface area (Å²) >= 11 is 5.97. The summed E-state index contributed by atoms with van der Waals surface area (Å²) in [5, 5.41) is 9.71. The predicted molar refractivity (Wildman–Crippen MR) is 73.5 cm³/mol. The Morgan fingerprint density at radius 3 is 2.84 bits per heavy atom. The summed E-state index contributed by atoms with van der Waals surface area (Å²) in [7, 11) is 0. The van der Waals surface area contributed by atoms with Crippen LogP contribution in [-0.2, 0) is 4.79 Å². The van der Waals surface area contributed by atoms with Crippen molar-refractivity contribution in [1.82, 2.24) is 10.2 Å². The Morgan fingerprint density at radius 1 is 1.47 bits per heavy atom. The van der Waals surface area contributed by atoms with E-state index in [9.17, 15) is 4.79 Å². The molecule has 5 nitrogen and oxygen atoms in total. The molecule has 0 bridgehead atoms. The molecule has 2 aromatic rings. The van der Waals surface area contributed by atoms with E-state index in [1.807, 2.05) is 6.92 Å². The van der Waals surface area contributed by atoms with E-state index in [1.54, 1.807) is 37.4 Å². The number of anilines is 1. The van der Waals surface area contributed by atoms with Gasteiger partial charge in [0.2, 0.25) is 0 Å². The number of aryl methyl sites for hydroxylation is 1. The van der Waals surface area contributed by atoms with Crippen molar-refractivity contribution in [2.75, 3.05) is 5.32 Å². The van der Waals surface area contributed by atoms with Crippen molar-refractivity contribution in [1.29, 1.82) is 0 Å². The van der Waals surface area contributed by atoms with Crippen LogP contribution >= 0.6 is 11.6 Å². The monoisotopic (exact) mass is 279 g/mol. The zero-order valence-electron chi connectivity index (χ0n) is 10.6. The molecule has 2 N–H and O–H groups in total. The first-order valence-electron chi connectivity index (χ1n) is 5.80. The van der Waals surface area contributed by atoms with Crippen molar-refractivity contribution in [2.45, 2.75) is 20.0 Å². The third-order valence-electron chi connectivity index (χ3n) is 2.59. The summed E-state index contributed by atoms with van der Waals surface area (Å²) < 4.78 is 5.52. The van der Waals surface area contributed by atoms with Crippen LogP contribution in [0.3, 0.4) is 0 Å². The summed E-state index contributed by atoms with van der Waals surface area (Å²) in [5.41, 5.74) is 0.860. The molecule has 1 unspecified atom stereocenters. The number of H-pyrrole nitrogens is 1. The van der Waals surface area contributed by atoms with Gasteiger partial charge in [0, 0.05) is 5.56 Å². The molecular formula is C13H14ClN3O2. The first-order valence-corrected chi connectivity index (χ1v) is 6.17. The van der Waals surface area contributed by atoms with Crippen LogP contribution in [0.25, 0.3) is 0 Å². The molecule has 1 atom stereocenters. The lowest BCUT2D eigenvalue weighted by Crippen LogP contribution is -2.30. The molecule has 0 saturated heterocycles. The van der Waals surface area contributed by atoms with Crippen LogP contribution in [-0.4, -0.2) is 22.2 Å². The van der Waals surface area contributed by atoms with Crippen LogP contribution in [0.2, 0.25) is 5.02 Å². The molecule has 100 valence electrons. The normalized spacial score (nSPS) is 11.9. The number of hydrogen-bond acceptors (Lipinski definition) is 3. The van der Waals surface area contributed by atoms with Gasteiger partial charge in [-0.05, 0) is 26.0 Å². The van der Waals surface area contributed by atoms with Gasteiger partial charge in [-0.1, -0.05) is 23.7 Å². The quantitative estimate of drug-likeness (QED) is 0.904. The number of carbonyl (C=O) groups excluding carboxylic acids is 1. The fourth-order valence-corrected chi connectivity index (χ4v) is 1.66. The van der Waals surface area contributed by atoms with E-state index >= 15 is 0 Å². The van der Waals surface area contributed by atoms with Crippen LogP contribution in [0.4, 0.5) is 5.82 Å². The summed E-state index contributed by atoms with van der Waals surface area (Å²) in [6.45, 7) is 3.50. The van der Waals surface area contributed by atoms with E-state index in [2.05, 4.69) is 15.5 Å². The van der Waals surface area contributed by atoms with E-state index in [0.717, 1.165) is 5.56 Å². The molecular weight excluding hydrogens is 266 g/mol. The Labute approximate surface area is 115 Å². The van der Waals surface area contributed by atoms with E-state index in [4.69, 9.17) is 16.3 Å². The van der Waals surface area contributed by atoms with Crippen molar-refractivity contribution >= 4 is 23.3 Å². The number of hydrogen-bond donors (Lipinski definition) is 2. The molecule has 0 aliphatic heterocycles. The Bertz CT molecular complexity index is 583. The third kappa shape index (κ3) is 3.26. The molecule has 1 aromatic heterocycles. The Hall–Kier alpha value is -2.01. The smallest absolute Gasteiger partial charge is 0.266 e. The van der Waals surface area contributed by atoms with Gasteiger partial charge < -0.3 is 10.1 Å². The Morgan fingerprint density at radius 2 is 2.21 bits per heavy atom. The van der Waals surface area contributed by atoms with Gasteiger partial charge in [0.05, 0.1) is 11.2 Å². The van der Waals surface area contributed by atoms with E-state index in [0.29, 0.717) is 16.6 Å². The fourth-order valence-electron chi connectivity index (χ4n) is 1.48. The van der Waals surface area contributed by atoms with E-state index in [1.165, 1.54) is 0 Å². The van der Waals surface area contributed by atoms with Crippen LogP contribution in [0.5, 0.6) is 5.75 Å². The van der Waals surface area contributed by atoms with Crippen molar-refractivity contribution in [3.05, 3.63) is 41.0 Å². The largest absolute Gasteiger partial charge is 0.479 e. The van der Waals surface area contributed by atoms with Crippen LogP contribution in [0.1, 0.15) is 12.5 Å². The molecule has 0 aliphatic carbocycles. The molecule has 1 heterocycles. The highest BCUT2D eigenvalue weighted by molar-refractivity contribution is 6.32. The third-order valence-corrected chi connectivity index (χ3v) is 2.90. The number of halogens is 1. The van der Waals surface area contributed by atoms with Crippen molar-refractivity contribution in [3.63, 3.8) is 0 Å². The molecule has 0 fully saturated rings. The molecule has 0 spiro atoms. The molecule has 0 saturated carbocycles. The number of para-hydroxylation sites is 1. The maximum atomic E-state index is 12.0. The van der Waals surface area contributed by atoms with Gasteiger partial charge in [-0.3, -0.25) is 9.89 Å². The lowest BCUT2D eigenvalue weighted by atomic mass is 10.3. The number of carbonyl (C=O) groups is 1. The molecule has 19 heavy (non-hydrogen) atoms. The summed E-state index contributed by atoms with van der Waals surface area (Å²) in [5.74, 6) is 0.778. The van der Waals surface area contributed by atoms with Crippen molar-refractivity contribution in [2.24, 2.45) is 0 Å². The Kier molecular flexibility index (Phi) is 4.06. The number of ether oxygens (including phenoxy) is 1. The zero-order valence-corrected chi connectivity index (χ0v) is 11.4. The van der Waals surface area contributed by atoms with Crippen molar-refractivity contribution < 1.29 is 9.53 Å². The number of aromatic nitrogens is 2. The van der Waals surface area contributed by atoms with Gasteiger partial charge in [-0.25, -0.2) is 0 Å². The first kappa shape index (κ1) is 13.4. The van der Waals surface area contributed by atoms with E-state index in [-0.39, 0.29) is 5.91 Å². The lowest BCUT2D eigenvalue weighted by molar-refractivity contribution is -0.122. The van der Waals surface area contributed by atoms with Gasteiger partial charge in [-0.2, -0.15) is 5.10 Å². The second-order valence-corrected chi connectivity index (χ2v) is 4.51. The van der Waals surface area contributed by atoms with Gasteiger partial charge in [0.15, 0.2) is 6.10 Å². The van der Waals surface area contributed by atoms with Crippen molar-refractivity contribution in [3.8, 4) is 5.75 Å². The summed E-state index contributed by atoms with van der Waals surface area (Å²) in [6.07, 6.45) is 0.970. The second kappa shape index (κ2) is 5.75. The lowest BCUT2D eigenvalue weighted by Gasteiger charge is -2.15. The highest BCUT2D eigenvalue weighted by Crippen LogP contribution is 2.24. The highest BCUT2D eigenvalue weighted by atomic mass is 35.5. The summed E-state index contributed by atoms with van der Waals surface area (Å²) in [4.78, 5) is 12.0. The highest BCUT2D eigenvalue weighted by Gasteiger charge is 2.17. The molecule has 0 aliphatic rings. The number of amides is 1. The topological polar surface area (TPSA) is 67.0 Å². The van der Waals surface area contributed by atoms with Gasteiger partial charge in [-0.15, -0.1) is 0 Å². The molecule has 0 radical (unpaired) electrons. The SMILES string of the molecule is Cc1cn[nH]c1NC(=O)C(C)Oc1ccccc1Cl. The van der Waals surface area contributed by atoms with Gasteiger partial charge >= 0.3 is 0 Å². The molecule has 1 amide bonds. The van der Waals surface area contributed by atoms with Gasteiger partial charge in [0.25, 0.3) is 5.91 Å². The minimum absolute atomic E-state index is 0.271. The van der Waals surface area contributed by atoms with Crippen LogP contribution < -0.4 is 10.1 Å². The zero-order chi connectivity index (χ0) is 13.8. The number of aromatic amines is 1. The van der Waals surface area contributed by atoms with E-state index < -0.39 is 6.10 Å². The maximum Gasteiger partial charge on any atom is 0.266 e. The van der Waals surface area contributed by atoms with Crippen LogP contribution in [0.15, 0.2) is 30.5 Å². The molecule has 2 rings (SSSR count). The minimum Gasteiger partial charge on any atom is -0.479 e. The average Bonchev–Trinajstić information content (AvgIpc) is 2.78. The second-order valence-electron chi connectivity index (χ2n) is 4.11. The molecule has 6 heteroatoms. The minimum atomic E-state index is -0.664. The molecule has 1 aromatic carbocycles. The first-order chi connectivity index (χ1) is 9.08. The van der Waals surface area contributed by atoms with Gasteiger partial charge in [0.1, 0.15) is 11.6 Å². The Balaban J connectivity index is 2.00. The summed E-state index contributed by atoms with van der Waals surface area (Å²) in [6, 6.07) is 7.02.